The van der Waals surface area contributed by atoms with E-state index in [-0.39, 0.29) is 17.7 Å². The first-order chi connectivity index (χ1) is 16.1. The van der Waals surface area contributed by atoms with Crippen LogP contribution in [-0.4, -0.2) is 55.2 Å². The summed E-state index contributed by atoms with van der Waals surface area (Å²) in [4.78, 5) is 15.4. The third-order valence-corrected chi connectivity index (χ3v) is 6.71. The summed E-state index contributed by atoms with van der Waals surface area (Å²) in [5.74, 6) is -0.851. The highest BCUT2D eigenvalue weighted by atomic mass is 19.1. The van der Waals surface area contributed by atoms with Crippen molar-refractivity contribution in [1.29, 1.82) is 0 Å². The van der Waals surface area contributed by atoms with Crippen molar-refractivity contribution < 1.29 is 18.7 Å². The zero-order valence-electron chi connectivity index (χ0n) is 18.7. The van der Waals surface area contributed by atoms with Crippen LogP contribution in [0.5, 0.6) is 0 Å². The van der Waals surface area contributed by atoms with Gasteiger partial charge in [0, 0.05) is 13.1 Å². The molecule has 2 aromatic carbocycles. The Bertz CT molecular complexity index is 1060. The Hall–Kier alpha value is -3.03. The van der Waals surface area contributed by atoms with E-state index in [1.165, 1.54) is 17.7 Å². The van der Waals surface area contributed by atoms with Crippen LogP contribution in [0.1, 0.15) is 25.3 Å². The quantitative estimate of drug-likeness (QED) is 0.644. The Labute approximate surface area is 193 Å². The fourth-order valence-corrected chi connectivity index (χ4v) is 5.39. The number of ether oxygens (including phenoxy) is 2. The summed E-state index contributed by atoms with van der Waals surface area (Å²) in [6.07, 6.45) is 3.83. The minimum Gasteiger partial charge on any atom is -0.461 e. The van der Waals surface area contributed by atoms with Crippen LogP contribution in [-0.2, 0) is 14.3 Å². The number of esters is 1. The van der Waals surface area contributed by atoms with Gasteiger partial charge < -0.3 is 9.47 Å². The molecule has 1 saturated carbocycles. The fraction of sp³-hybridized carbons (Fsp3) is 0.385. The Balaban J connectivity index is 1.69. The van der Waals surface area contributed by atoms with E-state index in [2.05, 4.69) is 23.1 Å². The molecule has 0 bridgehead atoms. The van der Waals surface area contributed by atoms with Crippen LogP contribution in [0.2, 0.25) is 0 Å². The Morgan fingerprint density at radius 1 is 1.18 bits per heavy atom. The monoisotopic (exact) mass is 449 g/mol. The molecule has 0 spiro atoms. The lowest BCUT2D eigenvalue weighted by atomic mass is 9.86. The number of hydrogen-bond acceptors (Lipinski definition) is 6. The Morgan fingerprint density at radius 2 is 1.91 bits per heavy atom. The van der Waals surface area contributed by atoms with E-state index < -0.39 is 5.66 Å². The molecule has 6 nitrogen and oxygen atoms in total. The average Bonchev–Trinajstić information content (AvgIpc) is 3.38. The van der Waals surface area contributed by atoms with Crippen molar-refractivity contribution in [1.82, 2.24) is 4.90 Å². The van der Waals surface area contributed by atoms with Crippen LogP contribution in [0.4, 0.5) is 10.1 Å². The first kappa shape index (κ1) is 21.8. The van der Waals surface area contributed by atoms with E-state index in [9.17, 15) is 9.18 Å². The molecule has 1 saturated heterocycles. The predicted molar refractivity (Wildman–Crippen MR) is 125 cm³/mol. The normalized spacial score (nSPS) is 26.4. The Morgan fingerprint density at radius 3 is 2.61 bits per heavy atom. The highest BCUT2D eigenvalue weighted by Crippen LogP contribution is 2.53. The molecule has 1 aliphatic carbocycles. The summed E-state index contributed by atoms with van der Waals surface area (Å²) in [6, 6.07) is 16.5. The van der Waals surface area contributed by atoms with Gasteiger partial charge in [0.2, 0.25) is 0 Å². The summed E-state index contributed by atoms with van der Waals surface area (Å²) < 4.78 is 24.9. The SMILES string of the molecule is CCOC(=O)C1=NN(c2ccc(F)cc2)C2(N3CCOCC3)C(=Cc3ccccc3)CCC12. The first-order valence-electron chi connectivity index (χ1n) is 11.5. The number of anilines is 1. The summed E-state index contributed by atoms with van der Waals surface area (Å²) in [7, 11) is 0. The van der Waals surface area contributed by atoms with Gasteiger partial charge in [0.15, 0.2) is 5.71 Å². The number of rotatable bonds is 5. The Kier molecular flexibility index (Phi) is 6.00. The van der Waals surface area contributed by atoms with Crippen LogP contribution in [0.15, 0.2) is 65.3 Å². The molecule has 0 N–H and O–H groups in total. The van der Waals surface area contributed by atoms with Crippen molar-refractivity contribution in [3.05, 3.63) is 71.6 Å². The molecule has 3 aliphatic rings. The maximum Gasteiger partial charge on any atom is 0.354 e. The van der Waals surface area contributed by atoms with Crippen molar-refractivity contribution >= 4 is 23.4 Å². The highest BCUT2D eigenvalue weighted by Gasteiger charge is 2.62. The summed E-state index contributed by atoms with van der Waals surface area (Å²) >= 11 is 0. The molecular weight excluding hydrogens is 421 g/mol. The molecule has 172 valence electrons. The third kappa shape index (κ3) is 3.75. The van der Waals surface area contributed by atoms with Crippen molar-refractivity contribution in [3.8, 4) is 0 Å². The van der Waals surface area contributed by atoms with Crippen molar-refractivity contribution in [2.75, 3.05) is 37.9 Å². The van der Waals surface area contributed by atoms with Gasteiger partial charge in [-0.05, 0) is 55.2 Å². The number of halogens is 1. The summed E-state index contributed by atoms with van der Waals surface area (Å²) in [5.41, 5.74) is 2.80. The molecule has 2 aliphatic heterocycles. The van der Waals surface area contributed by atoms with Gasteiger partial charge in [-0.1, -0.05) is 36.4 Å². The van der Waals surface area contributed by atoms with E-state index >= 15 is 0 Å². The number of nitrogens with zero attached hydrogens (tertiary/aromatic N) is 3. The molecule has 0 aromatic heterocycles. The topological polar surface area (TPSA) is 54.4 Å². The average molecular weight is 450 g/mol. The number of hydrogen-bond donors (Lipinski definition) is 0. The molecule has 2 atom stereocenters. The minimum absolute atomic E-state index is 0.158. The molecule has 2 fully saturated rings. The molecular formula is C26H28FN3O3. The number of hydrazone groups is 1. The van der Waals surface area contributed by atoms with Gasteiger partial charge in [0.1, 0.15) is 11.5 Å². The van der Waals surface area contributed by atoms with Crippen LogP contribution >= 0.6 is 0 Å². The maximum absolute atomic E-state index is 13.8. The zero-order valence-corrected chi connectivity index (χ0v) is 18.7. The minimum atomic E-state index is -0.667. The number of carbonyl (C=O) groups excluding carboxylic acids is 1. The predicted octanol–water partition coefficient (Wildman–Crippen LogP) is 4.09. The number of carbonyl (C=O) groups is 1. The van der Waals surface area contributed by atoms with Gasteiger partial charge in [-0.25, -0.2) is 14.2 Å². The number of fused-ring (bicyclic) bond motifs is 1. The van der Waals surface area contributed by atoms with Crippen LogP contribution in [0.25, 0.3) is 6.08 Å². The van der Waals surface area contributed by atoms with Gasteiger partial charge in [-0.2, -0.15) is 5.10 Å². The lowest BCUT2D eigenvalue weighted by molar-refractivity contribution is -0.135. The molecule has 0 amide bonds. The van der Waals surface area contributed by atoms with Gasteiger partial charge in [-0.15, -0.1) is 0 Å². The van der Waals surface area contributed by atoms with E-state index in [1.807, 2.05) is 23.2 Å². The van der Waals surface area contributed by atoms with Crippen molar-refractivity contribution in [3.63, 3.8) is 0 Å². The second-order valence-electron chi connectivity index (χ2n) is 8.49. The number of benzene rings is 2. The maximum atomic E-state index is 13.8. The lowest BCUT2D eigenvalue weighted by Crippen LogP contribution is -2.63. The fourth-order valence-electron chi connectivity index (χ4n) is 5.39. The third-order valence-electron chi connectivity index (χ3n) is 6.71. The van der Waals surface area contributed by atoms with E-state index in [4.69, 9.17) is 14.6 Å². The summed E-state index contributed by atoms with van der Waals surface area (Å²) in [5, 5.41) is 6.79. The molecule has 7 heteroatoms. The van der Waals surface area contributed by atoms with E-state index in [0.29, 0.717) is 38.6 Å². The molecule has 2 heterocycles. The van der Waals surface area contributed by atoms with Gasteiger partial charge in [0.05, 0.1) is 31.4 Å². The zero-order chi connectivity index (χ0) is 22.8. The molecule has 2 aromatic rings. The second kappa shape index (κ2) is 9.08. The second-order valence-corrected chi connectivity index (χ2v) is 8.49. The van der Waals surface area contributed by atoms with Crippen molar-refractivity contribution in [2.45, 2.75) is 25.4 Å². The molecule has 0 radical (unpaired) electrons. The standard InChI is InChI=1S/C26H28FN3O3/c1-2-33-25(31)24-23-13-8-20(18-19-6-4-3-5-7-19)26(23,29-14-16-32-17-15-29)30(28-24)22-11-9-21(27)10-12-22/h3-7,9-12,18,23H,2,8,13-17H2,1H3. The summed E-state index contributed by atoms with van der Waals surface area (Å²) in [6.45, 7) is 4.74. The van der Waals surface area contributed by atoms with E-state index in [0.717, 1.165) is 24.1 Å². The highest BCUT2D eigenvalue weighted by molar-refractivity contribution is 6.38. The smallest absolute Gasteiger partial charge is 0.354 e. The van der Waals surface area contributed by atoms with Gasteiger partial charge >= 0.3 is 5.97 Å². The van der Waals surface area contributed by atoms with Crippen LogP contribution in [0, 0.1) is 11.7 Å². The largest absolute Gasteiger partial charge is 0.461 e. The van der Waals surface area contributed by atoms with Crippen LogP contribution in [0.3, 0.4) is 0 Å². The number of morpholine rings is 1. The first-order valence-corrected chi connectivity index (χ1v) is 11.5. The lowest BCUT2D eigenvalue weighted by Gasteiger charge is -2.49. The van der Waals surface area contributed by atoms with Crippen LogP contribution < -0.4 is 5.01 Å². The van der Waals surface area contributed by atoms with Gasteiger partial charge in [-0.3, -0.25) is 4.90 Å². The molecule has 33 heavy (non-hydrogen) atoms. The van der Waals surface area contributed by atoms with E-state index in [1.54, 1.807) is 19.1 Å². The molecule has 5 rings (SSSR count). The van der Waals surface area contributed by atoms with Gasteiger partial charge in [0.25, 0.3) is 0 Å². The molecule has 2 unspecified atom stereocenters. The van der Waals surface area contributed by atoms with Crippen molar-refractivity contribution in [2.24, 2.45) is 11.0 Å².